The summed E-state index contributed by atoms with van der Waals surface area (Å²) in [5, 5.41) is 12.3. The molecular formula is C12H26N2O. The van der Waals surface area contributed by atoms with Crippen LogP contribution < -0.4 is 5.32 Å². The first kappa shape index (κ1) is 12.9. The van der Waals surface area contributed by atoms with E-state index in [1.807, 2.05) is 7.05 Å². The molecule has 1 atom stereocenters. The Balaban J connectivity index is 2.41. The van der Waals surface area contributed by atoms with Gasteiger partial charge in [-0.05, 0) is 38.3 Å². The van der Waals surface area contributed by atoms with E-state index in [4.69, 9.17) is 5.11 Å². The molecule has 0 amide bonds. The summed E-state index contributed by atoms with van der Waals surface area (Å²) >= 11 is 0. The number of hydrogen-bond donors (Lipinski definition) is 2. The molecule has 0 saturated carbocycles. The van der Waals surface area contributed by atoms with Crippen LogP contribution in [-0.4, -0.2) is 49.3 Å². The number of hydrogen-bond acceptors (Lipinski definition) is 3. The highest BCUT2D eigenvalue weighted by Gasteiger charge is 2.35. The summed E-state index contributed by atoms with van der Waals surface area (Å²) in [7, 11) is 1.92. The summed E-state index contributed by atoms with van der Waals surface area (Å²) in [6.07, 6.45) is 3.88. The van der Waals surface area contributed by atoms with E-state index in [-0.39, 0.29) is 12.6 Å². The van der Waals surface area contributed by atoms with E-state index in [1.165, 1.54) is 32.4 Å². The van der Waals surface area contributed by atoms with Crippen LogP contribution in [0.3, 0.4) is 0 Å². The van der Waals surface area contributed by atoms with Gasteiger partial charge in [0.25, 0.3) is 0 Å². The number of rotatable bonds is 6. The number of nitrogens with one attached hydrogen (secondary N) is 1. The van der Waals surface area contributed by atoms with Crippen molar-refractivity contribution in [1.29, 1.82) is 0 Å². The van der Waals surface area contributed by atoms with Gasteiger partial charge in [0.15, 0.2) is 0 Å². The lowest BCUT2D eigenvalue weighted by molar-refractivity contribution is 0.185. The second-order valence-corrected chi connectivity index (χ2v) is 4.86. The molecule has 0 aromatic heterocycles. The lowest BCUT2D eigenvalue weighted by atomic mass is 9.82. The van der Waals surface area contributed by atoms with Crippen molar-refractivity contribution in [3.8, 4) is 0 Å². The van der Waals surface area contributed by atoms with Crippen molar-refractivity contribution in [3.63, 3.8) is 0 Å². The van der Waals surface area contributed by atoms with Crippen LogP contribution in [0, 0.1) is 5.41 Å². The molecule has 0 aromatic carbocycles. The van der Waals surface area contributed by atoms with Crippen LogP contribution in [-0.2, 0) is 0 Å². The number of likely N-dealkylation sites (tertiary alicyclic amines) is 1. The van der Waals surface area contributed by atoms with Gasteiger partial charge in [0.2, 0.25) is 0 Å². The Kier molecular flexibility index (Phi) is 5.03. The van der Waals surface area contributed by atoms with Gasteiger partial charge in [-0.15, -0.1) is 0 Å². The quantitative estimate of drug-likeness (QED) is 0.694. The van der Waals surface area contributed by atoms with Crippen molar-refractivity contribution in [2.24, 2.45) is 5.41 Å². The predicted molar refractivity (Wildman–Crippen MR) is 64.0 cm³/mol. The Labute approximate surface area is 93.9 Å². The largest absolute Gasteiger partial charge is 0.395 e. The van der Waals surface area contributed by atoms with Gasteiger partial charge in [-0.25, -0.2) is 0 Å². The van der Waals surface area contributed by atoms with Gasteiger partial charge in [0, 0.05) is 19.1 Å². The van der Waals surface area contributed by atoms with Crippen LogP contribution in [0.25, 0.3) is 0 Å². The fraction of sp³-hybridized carbons (Fsp3) is 1.00. The average Bonchev–Trinajstić information content (AvgIpc) is 2.70. The molecule has 1 rings (SSSR count). The van der Waals surface area contributed by atoms with Gasteiger partial charge in [-0.2, -0.15) is 0 Å². The molecule has 0 aliphatic carbocycles. The summed E-state index contributed by atoms with van der Waals surface area (Å²) in [6.45, 7) is 8.22. The molecule has 1 aliphatic heterocycles. The fourth-order valence-electron chi connectivity index (χ4n) is 2.56. The normalized spacial score (nSPS) is 23.2. The van der Waals surface area contributed by atoms with E-state index in [0.29, 0.717) is 5.41 Å². The first-order valence-corrected chi connectivity index (χ1v) is 6.20. The molecular weight excluding hydrogens is 188 g/mol. The number of aliphatic hydroxyl groups excluding tert-OH is 1. The van der Waals surface area contributed by atoms with Gasteiger partial charge < -0.3 is 15.3 Å². The molecule has 1 heterocycles. The number of aliphatic hydroxyl groups is 1. The Bertz CT molecular complexity index is 176. The Morgan fingerprint density at radius 3 is 2.47 bits per heavy atom. The van der Waals surface area contributed by atoms with Crippen molar-refractivity contribution in [3.05, 3.63) is 0 Å². The molecule has 3 nitrogen and oxygen atoms in total. The topological polar surface area (TPSA) is 35.5 Å². The molecule has 1 aliphatic rings. The highest BCUT2D eigenvalue weighted by atomic mass is 16.3. The summed E-state index contributed by atoms with van der Waals surface area (Å²) < 4.78 is 0. The van der Waals surface area contributed by atoms with E-state index in [1.54, 1.807) is 0 Å². The van der Waals surface area contributed by atoms with Crippen molar-refractivity contribution >= 4 is 0 Å². The lowest BCUT2D eigenvalue weighted by Gasteiger charge is -2.28. The molecule has 1 fully saturated rings. The maximum Gasteiger partial charge on any atom is 0.0597 e. The van der Waals surface area contributed by atoms with Crippen molar-refractivity contribution in [2.45, 2.75) is 39.2 Å². The number of likely N-dealkylation sites (N-methyl/N-ethyl adjacent to an activating group) is 1. The SMILES string of the molecule is CCC1(CC)CCN(CC(CO)NC)C1. The zero-order chi connectivity index (χ0) is 11.3. The fourth-order valence-corrected chi connectivity index (χ4v) is 2.56. The zero-order valence-corrected chi connectivity index (χ0v) is 10.4. The van der Waals surface area contributed by atoms with Crippen LogP contribution in [0.4, 0.5) is 0 Å². The standard InChI is InChI=1S/C12H26N2O/c1-4-12(5-2)6-7-14(10-12)8-11(9-15)13-3/h11,13,15H,4-10H2,1-3H3. The molecule has 15 heavy (non-hydrogen) atoms. The van der Waals surface area contributed by atoms with Crippen molar-refractivity contribution < 1.29 is 5.11 Å². The molecule has 90 valence electrons. The van der Waals surface area contributed by atoms with Gasteiger partial charge in [0.1, 0.15) is 0 Å². The third kappa shape index (κ3) is 3.16. The predicted octanol–water partition coefficient (Wildman–Crippen LogP) is 1.08. The Morgan fingerprint density at radius 2 is 2.07 bits per heavy atom. The minimum Gasteiger partial charge on any atom is -0.395 e. The molecule has 0 radical (unpaired) electrons. The zero-order valence-electron chi connectivity index (χ0n) is 10.4. The molecule has 1 saturated heterocycles. The van der Waals surface area contributed by atoms with Gasteiger partial charge >= 0.3 is 0 Å². The summed E-state index contributed by atoms with van der Waals surface area (Å²) in [5.74, 6) is 0. The highest BCUT2D eigenvalue weighted by molar-refractivity contribution is 4.89. The molecule has 2 N–H and O–H groups in total. The third-order valence-corrected chi connectivity index (χ3v) is 4.12. The average molecular weight is 214 g/mol. The number of nitrogens with zero attached hydrogens (tertiary/aromatic N) is 1. The first-order valence-electron chi connectivity index (χ1n) is 6.20. The van der Waals surface area contributed by atoms with Crippen LogP contribution in [0.5, 0.6) is 0 Å². The summed E-state index contributed by atoms with van der Waals surface area (Å²) in [6, 6.07) is 0.231. The lowest BCUT2D eigenvalue weighted by Crippen LogP contribution is -2.41. The first-order chi connectivity index (χ1) is 7.19. The van der Waals surface area contributed by atoms with E-state index in [2.05, 4.69) is 24.1 Å². The molecule has 3 heteroatoms. The maximum absolute atomic E-state index is 9.14. The molecule has 0 aromatic rings. The smallest absolute Gasteiger partial charge is 0.0597 e. The van der Waals surface area contributed by atoms with E-state index < -0.39 is 0 Å². The molecule has 0 spiro atoms. The second kappa shape index (κ2) is 5.83. The van der Waals surface area contributed by atoms with Crippen molar-refractivity contribution in [2.75, 3.05) is 33.3 Å². The molecule has 1 unspecified atom stereocenters. The van der Waals surface area contributed by atoms with Crippen LogP contribution in [0.1, 0.15) is 33.1 Å². The van der Waals surface area contributed by atoms with E-state index >= 15 is 0 Å². The summed E-state index contributed by atoms with van der Waals surface area (Å²) in [5.41, 5.74) is 0.549. The van der Waals surface area contributed by atoms with Gasteiger partial charge in [-0.1, -0.05) is 13.8 Å². The molecule has 0 bridgehead atoms. The Morgan fingerprint density at radius 1 is 1.40 bits per heavy atom. The second-order valence-electron chi connectivity index (χ2n) is 4.86. The van der Waals surface area contributed by atoms with E-state index in [9.17, 15) is 0 Å². The Hall–Kier alpha value is -0.120. The van der Waals surface area contributed by atoms with Crippen LogP contribution in [0.15, 0.2) is 0 Å². The third-order valence-electron chi connectivity index (χ3n) is 4.12. The minimum absolute atomic E-state index is 0.231. The monoisotopic (exact) mass is 214 g/mol. The highest BCUT2D eigenvalue weighted by Crippen LogP contribution is 2.36. The van der Waals surface area contributed by atoms with Gasteiger partial charge in [-0.3, -0.25) is 0 Å². The minimum atomic E-state index is 0.231. The van der Waals surface area contributed by atoms with Crippen LogP contribution in [0.2, 0.25) is 0 Å². The van der Waals surface area contributed by atoms with Crippen LogP contribution >= 0.6 is 0 Å². The van der Waals surface area contributed by atoms with Crippen molar-refractivity contribution in [1.82, 2.24) is 10.2 Å². The van der Waals surface area contributed by atoms with Gasteiger partial charge in [0.05, 0.1) is 6.61 Å². The van der Waals surface area contributed by atoms with E-state index in [0.717, 1.165) is 6.54 Å². The maximum atomic E-state index is 9.14. The summed E-state index contributed by atoms with van der Waals surface area (Å²) in [4.78, 5) is 2.49.